The van der Waals surface area contributed by atoms with Crippen molar-refractivity contribution in [3.05, 3.63) is 22.6 Å². The van der Waals surface area contributed by atoms with Gasteiger partial charge in [0.1, 0.15) is 12.0 Å². The molecule has 82 valence electrons. The summed E-state index contributed by atoms with van der Waals surface area (Å²) >= 11 is 5.02. The zero-order chi connectivity index (χ0) is 11.3. The van der Waals surface area contributed by atoms with Gasteiger partial charge in [-0.1, -0.05) is 12.2 Å². The fourth-order valence-electron chi connectivity index (χ4n) is 0.939. The van der Waals surface area contributed by atoms with Crippen molar-refractivity contribution in [1.29, 1.82) is 0 Å². The first kappa shape index (κ1) is 11.7. The fourth-order valence-corrected chi connectivity index (χ4v) is 1.21. The van der Waals surface area contributed by atoms with Gasteiger partial charge in [-0.25, -0.2) is 4.79 Å². The van der Waals surface area contributed by atoms with Crippen LogP contribution in [-0.2, 0) is 9.53 Å². The summed E-state index contributed by atoms with van der Waals surface area (Å²) in [7, 11) is 0. The van der Waals surface area contributed by atoms with E-state index in [9.17, 15) is 4.79 Å². The van der Waals surface area contributed by atoms with E-state index in [1.165, 1.54) is 6.26 Å². The highest BCUT2D eigenvalue weighted by Gasteiger charge is 2.04. The van der Waals surface area contributed by atoms with Crippen LogP contribution in [0.3, 0.4) is 0 Å². The first-order valence-corrected chi connectivity index (χ1v) is 4.92. The SMILES string of the molecule is CCOC(=O)COc1coc(C)cc1=S. The maximum Gasteiger partial charge on any atom is 0.344 e. The van der Waals surface area contributed by atoms with E-state index < -0.39 is 5.97 Å². The highest BCUT2D eigenvalue weighted by Crippen LogP contribution is 2.14. The Bertz CT molecular complexity index is 397. The summed E-state index contributed by atoms with van der Waals surface area (Å²) in [5.41, 5.74) is 0. The molecule has 0 spiro atoms. The summed E-state index contributed by atoms with van der Waals surface area (Å²) < 4.78 is 15.4. The number of esters is 1. The number of carbonyl (C=O) groups is 1. The molecule has 1 aromatic heterocycles. The molecule has 0 bridgehead atoms. The number of ether oxygens (including phenoxy) is 2. The zero-order valence-electron chi connectivity index (χ0n) is 8.61. The maximum absolute atomic E-state index is 11.0. The summed E-state index contributed by atoms with van der Waals surface area (Å²) in [5.74, 6) is 0.652. The van der Waals surface area contributed by atoms with Crippen LogP contribution >= 0.6 is 12.2 Å². The highest BCUT2D eigenvalue weighted by molar-refractivity contribution is 7.71. The molecule has 0 atom stereocenters. The summed E-state index contributed by atoms with van der Waals surface area (Å²) in [5, 5.41) is 0. The van der Waals surface area contributed by atoms with Crippen molar-refractivity contribution in [3.63, 3.8) is 0 Å². The molecule has 0 amide bonds. The van der Waals surface area contributed by atoms with Crippen LogP contribution in [0.5, 0.6) is 5.75 Å². The number of hydrogen-bond acceptors (Lipinski definition) is 5. The third-order valence-electron chi connectivity index (χ3n) is 1.58. The largest absolute Gasteiger partial charge is 0.477 e. The van der Waals surface area contributed by atoms with Crippen LogP contribution in [0.2, 0.25) is 0 Å². The Hall–Kier alpha value is -1.36. The average molecular weight is 228 g/mol. The van der Waals surface area contributed by atoms with Gasteiger partial charge in [0.05, 0.1) is 11.1 Å². The Kier molecular flexibility index (Phi) is 4.30. The average Bonchev–Trinajstić information content (AvgIpc) is 2.17. The van der Waals surface area contributed by atoms with Crippen molar-refractivity contribution in [2.75, 3.05) is 13.2 Å². The molecule has 0 aliphatic carbocycles. The predicted octanol–water partition coefficient (Wildman–Crippen LogP) is 2.26. The molecule has 0 saturated heterocycles. The number of hydrogen-bond donors (Lipinski definition) is 0. The van der Waals surface area contributed by atoms with E-state index in [1.54, 1.807) is 19.9 Å². The summed E-state index contributed by atoms with van der Waals surface area (Å²) in [6.45, 7) is 3.69. The Balaban J connectivity index is 2.58. The molecule has 0 aliphatic heterocycles. The molecule has 4 nitrogen and oxygen atoms in total. The van der Waals surface area contributed by atoms with E-state index in [0.29, 0.717) is 22.6 Å². The van der Waals surface area contributed by atoms with E-state index in [-0.39, 0.29) is 6.61 Å². The summed E-state index contributed by atoms with van der Waals surface area (Å²) in [4.78, 5) is 11.0. The molecule has 5 heteroatoms. The topological polar surface area (TPSA) is 48.7 Å². The molecule has 1 heterocycles. The fraction of sp³-hybridized carbons (Fsp3) is 0.400. The van der Waals surface area contributed by atoms with Crippen molar-refractivity contribution in [3.8, 4) is 5.75 Å². The lowest BCUT2D eigenvalue weighted by molar-refractivity contribution is -0.145. The molecule has 0 N–H and O–H groups in total. The van der Waals surface area contributed by atoms with Gasteiger partial charge in [-0.3, -0.25) is 0 Å². The minimum atomic E-state index is -0.424. The second-order valence-corrected chi connectivity index (χ2v) is 3.25. The van der Waals surface area contributed by atoms with Crippen molar-refractivity contribution in [2.24, 2.45) is 0 Å². The minimum absolute atomic E-state index is 0.157. The quantitative estimate of drug-likeness (QED) is 0.584. The van der Waals surface area contributed by atoms with E-state index in [4.69, 9.17) is 26.1 Å². The maximum atomic E-state index is 11.0. The molecule has 1 aromatic rings. The lowest BCUT2D eigenvalue weighted by Gasteiger charge is -2.05. The summed E-state index contributed by atoms with van der Waals surface area (Å²) in [6, 6.07) is 1.66. The smallest absolute Gasteiger partial charge is 0.344 e. The Morgan fingerprint density at radius 1 is 1.60 bits per heavy atom. The zero-order valence-corrected chi connectivity index (χ0v) is 9.43. The number of aryl methyl sites for hydroxylation is 1. The van der Waals surface area contributed by atoms with Gasteiger partial charge in [-0.2, -0.15) is 0 Å². The van der Waals surface area contributed by atoms with Crippen LogP contribution in [0, 0.1) is 11.4 Å². The van der Waals surface area contributed by atoms with Gasteiger partial charge >= 0.3 is 5.97 Å². The number of carbonyl (C=O) groups excluding carboxylic acids is 1. The van der Waals surface area contributed by atoms with Gasteiger partial charge in [0.15, 0.2) is 12.4 Å². The third kappa shape index (κ3) is 3.71. The van der Waals surface area contributed by atoms with Crippen LogP contribution in [-0.4, -0.2) is 19.2 Å². The van der Waals surface area contributed by atoms with Gasteiger partial charge in [0.25, 0.3) is 0 Å². The molecular weight excluding hydrogens is 216 g/mol. The first-order valence-electron chi connectivity index (χ1n) is 4.51. The first-order chi connectivity index (χ1) is 7.13. The van der Waals surface area contributed by atoms with Gasteiger partial charge < -0.3 is 13.9 Å². The second-order valence-electron chi connectivity index (χ2n) is 2.81. The standard InChI is InChI=1S/C10H12O4S/c1-3-12-10(11)6-14-8-5-13-7(2)4-9(8)15/h4-5H,3,6H2,1-2H3. The summed E-state index contributed by atoms with van der Waals surface area (Å²) in [6.07, 6.45) is 1.39. The Morgan fingerprint density at radius 3 is 2.93 bits per heavy atom. The normalized spacial score (nSPS) is 9.73. The molecule has 0 aromatic carbocycles. The van der Waals surface area contributed by atoms with Crippen LogP contribution in [0.15, 0.2) is 16.7 Å². The molecule has 0 unspecified atom stereocenters. The van der Waals surface area contributed by atoms with E-state index in [1.807, 2.05) is 0 Å². The van der Waals surface area contributed by atoms with Gasteiger partial charge in [0.2, 0.25) is 0 Å². The molecule has 1 rings (SSSR count). The second kappa shape index (κ2) is 5.50. The predicted molar refractivity (Wildman–Crippen MR) is 56.4 cm³/mol. The lowest BCUT2D eigenvalue weighted by atomic mass is 10.4. The van der Waals surface area contributed by atoms with Crippen LogP contribution in [0.25, 0.3) is 0 Å². The molecule has 0 fully saturated rings. The van der Waals surface area contributed by atoms with Crippen molar-refractivity contribution in [1.82, 2.24) is 0 Å². The number of rotatable bonds is 4. The van der Waals surface area contributed by atoms with Crippen LogP contribution in [0.1, 0.15) is 12.7 Å². The molecule has 0 saturated carbocycles. The molecule has 0 aliphatic rings. The van der Waals surface area contributed by atoms with E-state index >= 15 is 0 Å². The van der Waals surface area contributed by atoms with Crippen LogP contribution in [0.4, 0.5) is 0 Å². The highest BCUT2D eigenvalue weighted by atomic mass is 32.1. The Morgan fingerprint density at radius 2 is 2.33 bits per heavy atom. The third-order valence-corrected chi connectivity index (χ3v) is 1.90. The van der Waals surface area contributed by atoms with Crippen LogP contribution < -0.4 is 4.74 Å². The van der Waals surface area contributed by atoms with E-state index in [0.717, 1.165) is 0 Å². The monoisotopic (exact) mass is 228 g/mol. The minimum Gasteiger partial charge on any atom is -0.477 e. The Labute approximate surface area is 92.8 Å². The molecule has 0 radical (unpaired) electrons. The van der Waals surface area contributed by atoms with E-state index in [2.05, 4.69) is 0 Å². The molecular formula is C10H12O4S. The van der Waals surface area contributed by atoms with Crippen molar-refractivity contribution < 1.29 is 18.7 Å². The van der Waals surface area contributed by atoms with Crippen molar-refractivity contribution >= 4 is 18.2 Å². The van der Waals surface area contributed by atoms with Gasteiger partial charge in [-0.05, 0) is 19.9 Å². The van der Waals surface area contributed by atoms with Gasteiger partial charge in [-0.15, -0.1) is 0 Å². The van der Waals surface area contributed by atoms with Crippen molar-refractivity contribution in [2.45, 2.75) is 13.8 Å². The lowest BCUT2D eigenvalue weighted by Crippen LogP contribution is -2.14. The molecule has 15 heavy (non-hydrogen) atoms. The van der Waals surface area contributed by atoms with Gasteiger partial charge in [0, 0.05) is 0 Å².